The molecule has 3 rings (SSSR count). The highest BCUT2D eigenvalue weighted by Crippen LogP contribution is 2.28. The number of likely N-dealkylation sites (N-methyl/N-ethyl adjacent to an activating group) is 1. The quantitative estimate of drug-likeness (QED) is 0.708. The number of carbonyl (C=O) groups excluding carboxylic acids is 1. The zero-order chi connectivity index (χ0) is 20.7. The first-order chi connectivity index (χ1) is 13.5. The highest BCUT2D eigenvalue weighted by atomic mass is 79.9. The third-order valence-electron chi connectivity index (χ3n) is 4.32. The van der Waals surface area contributed by atoms with E-state index in [0.29, 0.717) is 13.1 Å². The molecule has 0 aliphatic carbocycles. The Kier molecular flexibility index (Phi) is 7.99. The Labute approximate surface area is 175 Å². The minimum Gasteiger partial charge on any atom is -0.497 e. The van der Waals surface area contributed by atoms with Crippen molar-refractivity contribution in [3.8, 4) is 11.5 Å². The van der Waals surface area contributed by atoms with E-state index in [4.69, 9.17) is 9.47 Å². The van der Waals surface area contributed by atoms with E-state index in [0.717, 1.165) is 27.3 Å². The predicted molar refractivity (Wildman–Crippen MR) is 118 cm³/mol. The van der Waals surface area contributed by atoms with Gasteiger partial charge in [0.15, 0.2) is 0 Å². The molecule has 1 heterocycles. The number of benzene rings is 2. The summed E-state index contributed by atoms with van der Waals surface area (Å²) in [6.07, 6.45) is 0. The molecule has 2 aromatic rings. The van der Waals surface area contributed by atoms with Crippen LogP contribution in [0.2, 0.25) is 0 Å². The summed E-state index contributed by atoms with van der Waals surface area (Å²) in [4.78, 5) is 16.1. The van der Waals surface area contributed by atoms with Crippen LogP contribution < -0.4 is 19.7 Å². The Morgan fingerprint density at radius 1 is 1.00 bits per heavy atom. The molecule has 28 heavy (non-hydrogen) atoms. The molecule has 1 saturated heterocycles. The summed E-state index contributed by atoms with van der Waals surface area (Å²) < 4.78 is 11.6. The van der Waals surface area contributed by atoms with Crippen LogP contribution in [-0.4, -0.2) is 51.3 Å². The minimum atomic E-state index is -0.00593. The maximum absolute atomic E-state index is 12.6. The van der Waals surface area contributed by atoms with Gasteiger partial charge in [0, 0.05) is 54.2 Å². The van der Waals surface area contributed by atoms with E-state index < -0.39 is 0 Å². The lowest BCUT2D eigenvalue weighted by molar-refractivity contribution is 0.204. The van der Waals surface area contributed by atoms with Crippen molar-refractivity contribution >= 4 is 33.3 Å². The van der Waals surface area contributed by atoms with Crippen LogP contribution >= 0.6 is 15.9 Å². The van der Waals surface area contributed by atoms with E-state index in [1.54, 1.807) is 24.0 Å². The third kappa shape index (κ3) is 5.32. The molecule has 2 amide bonds. The Bertz CT molecular complexity index is 761. The van der Waals surface area contributed by atoms with Crippen molar-refractivity contribution in [1.82, 2.24) is 4.90 Å². The predicted octanol–water partition coefficient (Wildman–Crippen LogP) is 4.85. The van der Waals surface area contributed by atoms with Crippen LogP contribution in [0.1, 0.15) is 13.8 Å². The maximum atomic E-state index is 12.6. The topological polar surface area (TPSA) is 54.0 Å². The van der Waals surface area contributed by atoms with E-state index in [1.807, 2.05) is 63.4 Å². The molecule has 1 fully saturated rings. The highest BCUT2D eigenvalue weighted by Gasteiger charge is 2.30. The number of carbonyl (C=O) groups is 1. The molecule has 0 radical (unpaired) electrons. The largest absolute Gasteiger partial charge is 0.497 e. The molecule has 1 aliphatic rings. The third-order valence-corrected chi connectivity index (χ3v) is 4.84. The van der Waals surface area contributed by atoms with Crippen LogP contribution in [0, 0.1) is 0 Å². The summed E-state index contributed by atoms with van der Waals surface area (Å²) in [5.41, 5.74) is 1.77. The Morgan fingerprint density at radius 2 is 1.57 bits per heavy atom. The molecule has 2 aromatic carbocycles. The number of nitrogens with zero attached hydrogens (tertiary/aromatic N) is 2. The highest BCUT2D eigenvalue weighted by molar-refractivity contribution is 9.10. The minimum absolute atomic E-state index is 0.00593. The van der Waals surface area contributed by atoms with Crippen molar-refractivity contribution in [2.75, 3.05) is 44.6 Å². The van der Waals surface area contributed by atoms with Crippen LogP contribution in [-0.2, 0) is 0 Å². The molecule has 1 N–H and O–H groups in total. The van der Waals surface area contributed by atoms with Gasteiger partial charge in [-0.2, -0.15) is 0 Å². The average Bonchev–Trinajstić information content (AvgIpc) is 2.72. The average molecular weight is 450 g/mol. The van der Waals surface area contributed by atoms with E-state index in [2.05, 4.69) is 21.2 Å². The van der Waals surface area contributed by atoms with Crippen molar-refractivity contribution in [3.05, 3.63) is 46.9 Å². The molecule has 1 atom stereocenters. The van der Waals surface area contributed by atoms with E-state index in [-0.39, 0.29) is 12.1 Å². The van der Waals surface area contributed by atoms with Crippen molar-refractivity contribution in [2.45, 2.75) is 19.9 Å². The number of urea groups is 1. The van der Waals surface area contributed by atoms with Gasteiger partial charge < -0.3 is 19.7 Å². The van der Waals surface area contributed by atoms with Gasteiger partial charge >= 0.3 is 6.03 Å². The molecule has 6 nitrogen and oxygen atoms in total. The summed E-state index contributed by atoms with van der Waals surface area (Å²) in [7, 11) is 5.07. The summed E-state index contributed by atoms with van der Waals surface area (Å²) >= 11 is 3.43. The van der Waals surface area contributed by atoms with Gasteiger partial charge in [-0.25, -0.2) is 4.79 Å². The number of hydrogen-bond donors (Lipinski definition) is 1. The lowest BCUT2D eigenvalue weighted by Crippen LogP contribution is -2.56. The molecule has 0 aromatic heterocycles. The van der Waals surface area contributed by atoms with E-state index in [1.165, 1.54) is 0 Å². The van der Waals surface area contributed by atoms with Gasteiger partial charge in [0.2, 0.25) is 0 Å². The second-order valence-corrected chi connectivity index (χ2v) is 7.11. The summed E-state index contributed by atoms with van der Waals surface area (Å²) in [6.45, 7) is 5.19. The fourth-order valence-electron chi connectivity index (χ4n) is 3.03. The zero-order valence-electron chi connectivity index (χ0n) is 17.0. The smallest absolute Gasteiger partial charge is 0.324 e. The van der Waals surface area contributed by atoms with Crippen molar-refractivity contribution in [1.29, 1.82) is 0 Å². The van der Waals surface area contributed by atoms with Crippen LogP contribution in [0.3, 0.4) is 0 Å². The second-order valence-electron chi connectivity index (χ2n) is 6.19. The van der Waals surface area contributed by atoms with Gasteiger partial charge in [-0.1, -0.05) is 29.8 Å². The molecule has 0 bridgehead atoms. The van der Waals surface area contributed by atoms with Gasteiger partial charge in [0.25, 0.3) is 0 Å². The van der Waals surface area contributed by atoms with Gasteiger partial charge in [0.1, 0.15) is 11.5 Å². The first-order valence-electron chi connectivity index (χ1n) is 9.28. The number of hydrogen-bond acceptors (Lipinski definition) is 4. The van der Waals surface area contributed by atoms with Gasteiger partial charge in [-0.3, -0.25) is 4.90 Å². The molecule has 1 unspecified atom stereocenters. The Morgan fingerprint density at radius 3 is 2.11 bits per heavy atom. The number of rotatable bonds is 5. The number of amides is 2. The Hall–Kier alpha value is -2.41. The van der Waals surface area contributed by atoms with Crippen molar-refractivity contribution in [2.24, 2.45) is 0 Å². The molecule has 0 spiro atoms. The fourth-order valence-corrected chi connectivity index (χ4v) is 3.29. The summed E-state index contributed by atoms with van der Waals surface area (Å²) in [6, 6.07) is 13.5. The fraction of sp³-hybridized carbons (Fsp3) is 0.381. The SMILES string of the molecule is CC.COc1cc(NC2CN(C)C(=O)N(c3ccc(Br)cc3)C2)cc(OC)c1. The molecule has 1 aliphatic heterocycles. The normalized spacial score (nSPS) is 16.2. The maximum Gasteiger partial charge on any atom is 0.324 e. The molecule has 0 saturated carbocycles. The number of ether oxygens (including phenoxy) is 2. The van der Waals surface area contributed by atoms with Crippen LogP contribution in [0.25, 0.3) is 0 Å². The van der Waals surface area contributed by atoms with Crippen molar-refractivity contribution < 1.29 is 14.3 Å². The van der Waals surface area contributed by atoms with Gasteiger partial charge in [-0.15, -0.1) is 0 Å². The number of halogens is 1. The summed E-state index contributed by atoms with van der Waals surface area (Å²) in [5.74, 6) is 1.44. The summed E-state index contributed by atoms with van der Waals surface area (Å²) in [5, 5.41) is 3.49. The first kappa shape index (κ1) is 21.9. The molecule has 152 valence electrons. The number of nitrogens with one attached hydrogen (secondary N) is 1. The first-order valence-corrected chi connectivity index (χ1v) is 10.1. The second kappa shape index (κ2) is 10.2. The van der Waals surface area contributed by atoms with Crippen LogP contribution in [0.5, 0.6) is 11.5 Å². The van der Waals surface area contributed by atoms with E-state index >= 15 is 0 Å². The number of methoxy groups -OCH3 is 2. The zero-order valence-corrected chi connectivity index (χ0v) is 18.6. The standard InChI is InChI=1S/C19H22BrN3O3.C2H6/c1-22-11-15(21-14-8-17(25-2)10-18(9-14)26-3)12-23(19(22)24)16-6-4-13(20)5-7-16;1-2/h4-10,15,21H,11-12H2,1-3H3;1-2H3. The molecule has 7 heteroatoms. The van der Waals surface area contributed by atoms with Crippen molar-refractivity contribution in [3.63, 3.8) is 0 Å². The van der Waals surface area contributed by atoms with Crippen LogP contribution in [0.4, 0.5) is 16.2 Å². The Balaban J connectivity index is 0.00000136. The lowest BCUT2D eigenvalue weighted by Gasteiger charge is -2.39. The van der Waals surface area contributed by atoms with Gasteiger partial charge in [0.05, 0.1) is 20.3 Å². The van der Waals surface area contributed by atoms with Crippen LogP contribution in [0.15, 0.2) is 46.9 Å². The molecular weight excluding hydrogens is 422 g/mol. The monoisotopic (exact) mass is 449 g/mol. The molecular formula is C21H28BrN3O3. The van der Waals surface area contributed by atoms with E-state index in [9.17, 15) is 4.79 Å². The number of anilines is 2. The lowest BCUT2D eigenvalue weighted by atomic mass is 10.1. The van der Waals surface area contributed by atoms with Gasteiger partial charge in [-0.05, 0) is 24.3 Å².